The third-order valence-electron chi connectivity index (χ3n) is 5.10. The molecule has 114 valence electrons. The Bertz CT molecular complexity index is 486. The maximum absolute atomic E-state index is 12.3. The molecule has 2 fully saturated rings. The summed E-state index contributed by atoms with van der Waals surface area (Å²) in [7, 11) is 0. The fourth-order valence-corrected chi connectivity index (χ4v) is 4.01. The topological polar surface area (TPSA) is 72.1 Å². The van der Waals surface area contributed by atoms with Crippen LogP contribution in [0, 0.1) is 5.92 Å². The van der Waals surface area contributed by atoms with Crippen LogP contribution in [0.15, 0.2) is 18.6 Å². The van der Waals surface area contributed by atoms with Crippen molar-refractivity contribution < 1.29 is 4.79 Å². The second-order valence-electron chi connectivity index (χ2n) is 6.37. The maximum Gasteiger partial charge on any atom is 0.244 e. The smallest absolute Gasteiger partial charge is 0.244 e. The first kappa shape index (κ1) is 14.4. The van der Waals surface area contributed by atoms with E-state index in [2.05, 4.69) is 14.9 Å². The molecule has 0 aromatic carbocycles. The fourth-order valence-electron chi connectivity index (χ4n) is 4.01. The molecule has 1 aromatic heterocycles. The predicted molar refractivity (Wildman–Crippen MR) is 80.3 cm³/mol. The molecule has 3 rings (SSSR count). The molecule has 1 aliphatic carbocycles. The van der Waals surface area contributed by atoms with E-state index in [-0.39, 0.29) is 5.91 Å². The number of primary amides is 1. The minimum atomic E-state index is -0.744. The summed E-state index contributed by atoms with van der Waals surface area (Å²) in [5.41, 5.74) is 5.78. The van der Waals surface area contributed by atoms with Crippen molar-refractivity contribution in [2.75, 3.05) is 13.1 Å². The Morgan fingerprint density at radius 1 is 1.29 bits per heavy atom. The largest absolute Gasteiger partial charge is 0.368 e. The SMILES string of the molecule is NC(=O)[C@]1(c2cnccn2)CCCN1CC1CCCCC1. The van der Waals surface area contributed by atoms with Gasteiger partial charge < -0.3 is 5.73 Å². The van der Waals surface area contributed by atoms with Crippen molar-refractivity contribution in [3.8, 4) is 0 Å². The molecule has 1 aliphatic heterocycles. The highest BCUT2D eigenvalue weighted by molar-refractivity contribution is 5.86. The van der Waals surface area contributed by atoms with Crippen LogP contribution in [0.1, 0.15) is 50.6 Å². The molecule has 1 saturated carbocycles. The number of amides is 1. The third-order valence-corrected chi connectivity index (χ3v) is 5.10. The van der Waals surface area contributed by atoms with E-state index < -0.39 is 5.54 Å². The molecule has 1 amide bonds. The second-order valence-corrected chi connectivity index (χ2v) is 6.37. The van der Waals surface area contributed by atoms with Gasteiger partial charge in [0.2, 0.25) is 5.91 Å². The Morgan fingerprint density at radius 2 is 2.10 bits per heavy atom. The van der Waals surface area contributed by atoms with Crippen molar-refractivity contribution in [3.05, 3.63) is 24.3 Å². The van der Waals surface area contributed by atoms with Gasteiger partial charge in [0.25, 0.3) is 0 Å². The van der Waals surface area contributed by atoms with Gasteiger partial charge >= 0.3 is 0 Å². The highest BCUT2D eigenvalue weighted by Crippen LogP contribution is 2.39. The molecule has 2 aliphatic rings. The first-order valence-corrected chi connectivity index (χ1v) is 8.05. The monoisotopic (exact) mass is 288 g/mol. The van der Waals surface area contributed by atoms with Crippen LogP contribution in [-0.2, 0) is 10.3 Å². The Kier molecular flexibility index (Phi) is 4.19. The number of rotatable bonds is 4. The molecule has 2 heterocycles. The van der Waals surface area contributed by atoms with Crippen LogP contribution in [0.5, 0.6) is 0 Å². The van der Waals surface area contributed by atoms with Crippen LogP contribution in [-0.4, -0.2) is 33.9 Å². The van der Waals surface area contributed by atoms with Crippen LogP contribution in [0.3, 0.4) is 0 Å². The van der Waals surface area contributed by atoms with Crippen molar-refractivity contribution in [2.24, 2.45) is 11.7 Å². The van der Waals surface area contributed by atoms with Gasteiger partial charge in [0.15, 0.2) is 0 Å². The number of carbonyl (C=O) groups is 1. The second kappa shape index (κ2) is 6.10. The summed E-state index contributed by atoms with van der Waals surface area (Å²) < 4.78 is 0. The Hall–Kier alpha value is -1.49. The van der Waals surface area contributed by atoms with Crippen LogP contribution in [0.2, 0.25) is 0 Å². The molecular formula is C16H24N4O. The van der Waals surface area contributed by atoms with E-state index in [0.29, 0.717) is 11.6 Å². The Morgan fingerprint density at radius 3 is 2.76 bits per heavy atom. The Labute approximate surface area is 125 Å². The van der Waals surface area contributed by atoms with Gasteiger partial charge in [0.1, 0.15) is 5.54 Å². The molecule has 0 spiro atoms. The van der Waals surface area contributed by atoms with Crippen LogP contribution >= 0.6 is 0 Å². The van der Waals surface area contributed by atoms with E-state index in [1.807, 2.05) is 0 Å². The lowest BCUT2D eigenvalue weighted by Gasteiger charge is -2.38. The van der Waals surface area contributed by atoms with Gasteiger partial charge in [-0.1, -0.05) is 19.3 Å². The molecule has 1 saturated heterocycles. The van der Waals surface area contributed by atoms with Crippen LogP contribution in [0.25, 0.3) is 0 Å². The van der Waals surface area contributed by atoms with E-state index in [9.17, 15) is 4.79 Å². The van der Waals surface area contributed by atoms with Crippen LogP contribution in [0.4, 0.5) is 0 Å². The number of likely N-dealkylation sites (tertiary alicyclic amines) is 1. The summed E-state index contributed by atoms with van der Waals surface area (Å²) in [6.45, 7) is 1.88. The fraction of sp³-hybridized carbons (Fsp3) is 0.688. The third kappa shape index (κ3) is 2.67. The molecule has 21 heavy (non-hydrogen) atoms. The van der Waals surface area contributed by atoms with Gasteiger partial charge in [0, 0.05) is 18.9 Å². The van der Waals surface area contributed by atoms with E-state index >= 15 is 0 Å². The first-order valence-electron chi connectivity index (χ1n) is 8.05. The standard InChI is InChI=1S/C16H24N4O/c17-15(21)16(14-11-18-8-9-19-14)7-4-10-20(16)12-13-5-2-1-3-6-13/h8-9,11,13H,1-7,10,12H2,(H2,17,21)/t16-/m1/s1. The highest BCUT2D eigenvalue weighted by Gasteiger charge is 2.49. The van der Waals surface area contributed by atoms with Crippen molar-refractivity contribution in [2.45, 2.75) is 50.5 Å². The summed E-state index contributed by atoms with van der Waals surface area (Å²) in [5.74, 6) is 0.406. The molecular weight excluding hydrogens is 264 g/mol. The number of hydrogen-bond donors (Lipinski definition) is 1. The average Bonchev–Trinajstić information content (AvgIpc) is 2.94. The molecule has 1 aromatic rings. The maximum atomic E-state index is 12.3. The van der Waals surface area contributed by atoms with E-state index in [1.54, 1.807) is 18.6 Å². The molecule has 0 bridgehead atoms. The van der Waals surface area contributed by atoms with Gasteiger partial charge in [-0.25, -0.2) is 0 Å². The number of nitrogens with two attached hydrogens (primary N) is 1. The zero-order valence-electron chi connectivity index (χ0n) is 12.5. The average molecular weight is 288 g/mol. The summed E-state index contributed by atoms with van der Waals surface area (Å²) in [4.78, 5) is 23.1. The zero-order valence-corrected chi connectivity index (χ0v) is 12.5. The van der Waals surface area contributed by atoms with E-state index in [4.69, 9.17) is 5.73 Å². The molecule has 2 N–H and O–H groups in total. The Balaban J connectivity index is 1.86. The molecule has 5 nitrogen and oxygen atoms in total. The lowest BCUT2D eigenvalue weighted by atomic mass is 9.86. The van der Waals surface area contributed by atoms with Gasteiger partial charge in [-0.15, -0.1) is 0 Å². The number of nitrogens with zero attached hydrogens (tertiary/aromatic N) is 3. The molecule has 5 heteroatoms. The summed E-state index contributed by atoms with van der Waals surface area (Å²) in [6.07, 6.45) is 13.2. The van der Waals surface area contributed by atoms with E-state index in [0.717, 1.165) is 25.9 Å². The summed E-state index contributed by atoms with van der Waals surface area (Å²) in [6, 6.07) is 0. The highest BCUT2D eigenvalue weighted by atomic mass is 16.1. The lowest BCUT2D eigenvalue weighted by Crippen LogP contribution is -2.53. The molecule has 1 atom stereocenters. The normalized spacial score (nSPS) is 27.8. The summed E-state index contributed by atoms with van der Waals surface area (Å²) in [5, 5.41) is 0. The minimum Gasteiger partial charge on any atom is -0.368 e. The quantitative estimate of drug-likeness (QED) is 0.917. The van der Waals surface area contributed by atoms with E-state index in [1.165, 1.54) is 32.1 Å². The first-order chi connectivity index (χ1) is 10.2. The van der Waals surface area contributed by atoms with Crippen molar-refractivity contribution >= 4 is 5.91 Å². The van der Waals surface area contributed by atoms with Crippen molar-refractivity contribution in [1.29, 1.82) is 0 Å². The zero-order chi connectivity index (χ0) is 14.7. The number of aromatic nitrogens is 2. The van der Waals surface area contributed by atoms with Gasteiger partial charge in [0.05, 0.1) is 11.9 Å². The van der Waals surface area contributed by atoms with Gasteiger partial charge in [-0.05, 0) is 38.1 Å². The van der Waals surface area contributed by atoms with Gasteiger partial charge in [-0.3, -0.25) is 19.7 Å². The molecule has 0 unspecified atom stereocenters. The van der Waals surface area contributed by atoms with Gasteiger partial charge in [-0.2, -0.15) is 0 Å². The predicted octanol–water partition coefficient (Wildman–Crippen LogP) is 1.83. The van der Waals surface area contributed by atoms with Crippen LogP contribution < -0.4 is 5.73 Å². The van der Waals surface area contributed by atoms with Crippen molar-refractivity contribution in [3.63, 3.8) is 0 Å². The van der Waals surface area contributed by atoms with Crippen molar-refractivity contribution in [1.82, 2.24) is 14.9 Å². The minimum absolute atomic E-state index is 0.281. The summed E-state index contributed by atoms with van der Waals surface area (Å²) >= 11 is 0. The molecule has 0 radical (unpaired) electrons. The number of hydrogen-bond acceptors (Lipinski definition) is 4. The number of carbonyl (C=O) groups excluding carboxylic acids is 1. The lowest BCUT2D eigenvalue weighted by molar-refractivity contribution is -0.130.